The summed E-state index contributed by atoms with van der Waals surface area (Å²) in [5, 5.41) is 8.43. The van der Waals surface area contributed by atoms with Crippen LogP contribution >= 0.6 is 0 Å². The lowest BCUT2D eigenvalue weighted by Gasteiger charge is -2.09. The van der Waals surface area contributed by atoms with Crippen molar-refractivity contribution in [2.24, 2.45) is 0 Å². The molecule has 0 aliphatic carbocycles. The number of aromatic amines is 1. The zero-order valence-electron chi connectivity index (χ0n) is 8.40. The molecule has 1 atom stereocenters. The number of methoxy groups -OCH3 is 1. The highest BCUT2D eigenvalue weighted by Crippen LogP contribution is 2.00. The quantitative estimate of drug-likeness (QED) is 0.573. The molecule has 0 bridgehead atoms. The average molecular weight is 212 g/mol. The van der Waals surface area contributed by atoms with Crippen LogP contribution in [0.3, 0.4) is 0 Å². The fourth-order valence-electron chi connectivity index (χ4n) is 0.964. The molecule has 1 unspecified atom stereocenters. The van der Waals surface area contributed by atoms with Gasteiger partial charge < -0.3 is 15.8 Å². The maximum absolute atomic E-state index is 11.4. The van der Waals surface area contributed by atoms with E-state index in [4.69, 9.17) is 5.73 Å². The van der Waals surface area contributed by atoms with Gasteiger partial charge in [-0.3, -0.25) is 9.89 Å². The minimum atomic E-state index is -0.716. The predicted molar refractivity (Wildman–Crippen MR) is 51.9 cm³/mol. The number of rotatable bonds is 3. The lowest BCUT2D eigenvalue weighted by molar-refractivity contribution is -0.142. The second-order valence-electron chi connectivity index (χ2n) is 2.92. The second kappa shape index (κ2) is 4.45. The summed E-state index contributed by atoms with van der Waals surface area (Å²) in [6.07, 6.45) is 0. The van der Waals surface area contributed by atoms with Gasteiger partial charge in [0.2, 0.25) is 0 Å². The van der Waals surface area contributed by atoms with Gasteiger partial charge in [0, 0.05) is 6.07 Å². The Morgan fingerprint density at radius 3 is 2.80 bits per heavy atom. The zero-order chi connectivity index (χ0) is 11.4. The van der Waals surface area contributed by atoms with E-state index in [0.717, 1.165) is 0 Å². The number of hydrogen-bond acceptors (Lipinski definition) is 5. The van der Waals surface area contributed by atoms with Crippen LogP contribution in [0.1, 0.15) is 17.4 Å². The summed E-state index contributed by atoms with van der Waals surface area (Å²) in [7, 11) is 1.25. The van der Waals surface area contributed by atoms with E-state index in [9.17, 15) is 9.59 Å². The van der Waals surface area contributed by atoms with E-state index in [1.54, 1.807) is 0 Å². The van der Waals surface area contributed by atoms with Crippen LogP contribution in [0.25, 0.3) is 0 Å². The molecule has 7 nitrogen and oxygen atoms in total. The molecular weight excluding hydrogens is 200 g/mol. The Labute approximate surface area is 86.0 Å². The number of nitrogens with one attached hydrogen (secondary N) is 2. The summed E-state index contributed by atoms with van der Waals surface area (Å²) in [6.45, 7) is 1.52. The molecule has 15 heavy (non-hydrogen) atoms. The third-order valence-corrected chi connectivity index (χ3v) is 1.74. The Morgan fingerprint density at radius 2 is 2.33 bits per heavy atom. The minimum absolute atomic E-state index is 0.197. The van der Waals surface area contributed by atoms with Gasteiger partial charge in [0.25, 0.3) is 5.91 Å². The van der Waals surface area contributed by atoms with E-state index in [-0.39, 0.29) is 11.5 Å². The Kier molecular flexibility index (Phi) is 3.27. The number of hydrogen-bond donors (Lipinski definition) is 3. The van der Waals surface area contributed by atoms with E-state index in [1.807, 2.05) is 0 Å². The molecule has 1 amide bonds. The summed E-state index contributed by atoms with van der Waals surface area (Å²) >= 11 is 0. The lowest BCUT2D eigenvalue weighted by Crippen LogP contribution is -2.39. The molecule has 0 aromatic carbocycles. The largest absolute Gasteiger partial charge is 0.467 e. The molecule has 4 N–H and O–H groups in total. The van der Waals surface area contributed by atoms with Crippen molar-refractivity contribution in [3.05, 3.63) is 11.8 Å². The topological polar surface area (TPSA) is 110 Å². The van der Waals surface area contributed by atoms with Gasteiger partial charge in [0.05, 0.1) is 7.11 Å². The van der Waals surface area contributed by atoms with Gasteiger partial charge >= 0.3 is 5.97 Å². The third-order valence-electron chi connectivity index (χ3n) is 1.74. The molecule has 1 heterocycles. The second-order valence-corrected chi connectivity index (χ2v) is 2.92. The Hall–Kier alpha value is -2.05. The first-order valence-corrected chi connectivity index (χ1v) is 4.24. The number of anilines is 1. The molecule has 0 aliphatic heterocycles. The molecule has 7 heteroatoms. The number of nitrogens with zero attached hydrogens (tertiary/aromatic N) is 1. The van der Waals surface area contributed by atoms with Crippen LogP contribution in [0, 0.1) is 0 Å². The van der Waals surface area contributed by atoms with Crippen LogP contribution in [0.5, 0.6) is 0 Å². The third kappa shape index (κ3) is 2.70. The first kappa shape index (κ1) is 11.0. The van der Waals surface area contributed by atoms with Gasteiger partial charge in [-0.25, -0.2) is 4.79 Å². The normalized spacial score (nSPS) is 11.9. The van der Waals surface area contributed by atoms with Crippen LogP contribution < -0.4 is 11.1 Å². The maximum atomic E-state index is 11.4. The standard InChI is InChI=1S/C8H12N4O3/c1-4(8(14)15-2)10-7(13)5-3-6(9)12-11-5/h3-4H,1-2H3,(H,10,13)(H3,9,11,12). The van der Waals surface area contributed by atoms with Crippen LogP contribution in [0.4, 0.5) is 5.82 Å². The summed E-state index contributed by atoms with van der Waals surface area (Å²) in [4.78, 5) is 22.4. The fourth-order valence-corrected chi connectivity index (χ4v) is 0.964. The molecule has 82 valence electrons. The number of nitrogens with two attached hydrogens (primary N) is 1. The lowest BCUT2D eigenvalue weighted by atomic mass is 10.3. The maximum Gasteiger partial charge on any atom is 0.328 e. The number of carbonyl (C=O) groups is 2. The van der Waals surface area contributed by atoms with Crippen LogP contribution in [0.15, 0.2) is 6.07 Å². The Balaban J connectivity index is 2.60. The Morgan fingerprint density at radius 1 is 1.67 bits per heavy atom. The average Bonchev–Trinajstić information content (AvgIpc) is 2.63. The van der Waals surface area contributed by atoms with Crippen LogP contribution in [-0.4, -0.2) is 35.2 Å². The number of H-pyrrole nitrogens is 1. The number of nitrogen functional groups attached to an aromatic ring is 1. The van der Waals surface area contributed by atoms with Gasteiger partial charge in [-0.2, -0.15) is 5.10 Å². The first-order valence-electron chi connectivity index (χ1n) is 4.24. The van der Waals surface area contributed by atoms with Crippen LogP contribution in [-0.2, 0) is 9.53 Å². The molecule has 1 aromatic rings. The highest BCUT2D eigenvalue weighted by atomic mass is 16.5. The molecule has 0 saturated carbocycles. The van der Waals surface area contributed by atoms with Crippen molar-refractivity contribution < 1.29 is 14.3 Å². The smallest absolute Gasteiger partial charge is 0.328 e. The van der Waals surface area contributed by atoms with Crippen molar-refractivity contribution in [2.45, 2.75) is 13.0 Å². The summed E-state index contributed by atoms with van der Waals surface area (Å²) < 4.78 is 4.45. The van der Waals surface area contributed by atoms with E-state index in [2.05, 4.69) is 20.3 Å². The van der Waals surface area contributed by atoms with Crippen molar-refractivity contribution in [1.29, 1.82) is 0 Å². The van der Waals surface area contributed by atoms with Crippen molar-refractivity contribution in [1.82, 2.24) is 15.5 Å². The first-order chi connectivity index (χ1) is 7.04. The van der Waals surface area contributed by atoms with Gasteiger partial charge in [0.15, 0.2) is 0 Å². The Bertz CT molecular complexity index is 374. The SMILES string of the molecule is COC(=O)C(C)NC(=O)c1cc(N)n[nH]1. The molecular formula is C8H12N4O3. The summed E-state index contributed by atoms with van der Waals surface area (Å²) in [6, 6.07) is 0.659. The van der Waals surface area contributed by atoms with E-state index >= 15 is 0 Å². The number of amides is 1. The van der Waals surface area contributed by atoms with Crippen molar-refractivity contribution in [3.8, 4) is 0 Å². The highest BCUT2D eigenvalue weighted by Gasteiger charge is 2.17. The van der Waals surface area contributed by atoms with E-state index in [1.165, 1.54) is 20.1 Å². The summed E-state index contributed by atoms with van der Waals surface area (Å²) in [5.41, 5.74) is 5.52. The fraction of sp³-hybridized carbons (Fsp3) is 0.375. The van der Waals surface area contributed by atoms with Crippen LogP contribution in [0.2, 0.25) is 0 Å². The molecule has 0 spiro atoms. The summed E-state index contributed by atoms with van der Waals surface area (Å²) in [5.74, 6) is -0.765. The van der Waals surface area contributed by atoms with Crippen molar-refractivity contribution in [3.63, 3.8) is 0 Å². The molecule has 0 fully saturated rings. The number of esters is 1. The number of ether oxygens (including phenoxy) is 1. The van der Waals surface area contributed by atoms with E-state index in [0.29, 0.717) is 0 Å². The molecule has 0 aliphatic rings. The highest BCUT2D eigenvalue weighted by molar-refractivity contribution is 5.95. The number of carbonyl (C=O) groups excluding carboxylic acids is 2. The van der Waals surface area contributed by atoms with Gasteiger partial charge in [-0.15, -0.1) is 0 Å². The molecule has 0 saturated heterocycles. The molecule has 0 radical (unpaired) electrons. The van der Waals surface area contributed by atoms with Crippen molar-refractivity contribution in [2.75, 3.05) is 12.8 Å². The zero-order valence-corrected chi connectivity index (χ0v) is 8.40. The molecule has 1 aromatic heterocycles. The van der Waals surface area contributed by atoms with Gasteiger partial charge in [-0.1, -0.05) is 0 Å². The molecule has 1 rings (SSSR count). The van der Waals surface area contributed by atoms with Gasteiger partial charge in [-0.05, 0) is 6.92 Å². The van der Waals surface area contributed by atoms with Crippen molar-refractivity contribution >= 4 is 17.7 Å². The minimum Gasteiger partial charge on any atom is -0.467 e. The van der Waals surface area contributed by atoms with Gasteiger partial charge in [0.1, 0.15) is 17.6 Å². The predicted octanol–water partition coefficient (Wildman–Crippen LogP) is -0.717. The number of aromatic nitrogens is 2. The van der Waals surface area contributed by atoms with E-state index < -0.39 is 17.9 Å². The monoisotopic (exact) mass is 212 g/mol.